The Morgan fingerprint density at radius 2 is 1.79 bits per heavy atom. The van der Waals surface area contributed by atoms with Gasteiger partial charge in [-0.3, -0.25) is 4.79 Å². The second-order valence-electron chi connectivity index (χ2n) is 10.1. The van der Waals surface area contributed by atoms with Crippen LogP contribution in [-0.2, 0) is 4.79 Å². The smallest absolute Gasteiger partial charge is 0.159 e. The Kier molecular flexibility index (Phi) is 10.5. The summed E-state index contributed by atoms with van der Waals surface area (Å²) in [6.45, 7) is 9.33. The van der Waals surface area contributed by atoms with E-state index in [1.165, 1.54) is 25.1 Å². The lowest BCUT2D eigenvalue weighted by Crippen LogP contribution is -2.34. The molecule has 0 aromatic heterocycles. The van der Waals surface area contributed by atoms with Crippen molar-refractivity contribution < 1.29 is 23.8 Å². The molecule has 39 heavy (non-hydrogen) atoms. The fourth-order valence-corrected chi connectivity index (χ4v) is 4.76. The van der Waals surface area contributed by atoms with Crippen LogP contribution in [0.2, 0.25) is 0 Å². The maximum atomic E-state index is 14.9. The predicted octanol–water partition coefficient (Wildman–Crippen LogP) is 6.63. The zero-order valence-corrected chi connectivity index (χ0v) is 23.8. The van der Waals surface area contributed by atoms with Gasteiger partial charge < -0.3 is 20.4 Å². The minimum Gasteiger partial charge on any atom is -0.390 e. The predicted molar refractivity (Wildman–Crippen MR) is 152 cm³/mol. The number of nitrogens with zero attached hydrogens (tertiary/aromatic N) is 1. The van der Waals surface area contributed by atoms with Crippen molar-refractivity contribution >= 4 is 23.1 Å². The van der Waals surface area contributed by atoms with Crippen molar-refractivity contribution in [2.24, 2.45) is 5.92 Å². The van der Waals surface area contributed by atoms with Gasteiger partial charge in [0.05, 0.1) is 17.9 Å². The second-order valence-corrected chi connectivity index (χ2v) is 10.5. The number of carbonyl (C=O) groups excluding carboxylic acids is 1. The number of aliphatic hydroxyl groups is 2. The molecule has 2 aliphatic rings. The number of nitrogens with one attached hydrogen (secondary N) is 1. The van der Waals surface area contributed by atoms with Crippen LogP contribution < -0.4 is 5.32 Å². The molecule has 8 heteroatoms. The lowest BCUT2D eigenvalue weighted by molar-refractivity contribution is -0.113. The number of aliphatic hydroxyl groups excluding tert-OH is 2. The molecule has 0 aliphatic carbocycles. The Morgan fingerprint density at radius 1 is 1.08 bits per heavy atom. The van der Waals surface area contributed by atoms with E-state index in [9.17, 15) is 23.8 Å². The first kappa shape index (κ1) is 30.5. The van der Waals surface area contributed by atoms with Gasteiger partial charge in [0, 0.05) is 22.9 Å². The monoisotopic (exact) mass is 558 g/mol. The number of fused-ring (bicyclic) bond motifs is 1. The van der Waals surface area contributed by atoms with Gasteiger partial charge in [-0.25, -0.2) is 8.78 Å². The van der Waals surface area contributed by atoms with Gasteiger partial charge in [-0.05, 0) is 68.0 Å². The number of hydrogen-bond acceptors (Lipinski definition) is 5. The molecule has 0 radical (unpaired) electrons. The Hall–Kier alpha value is -3.00. The summed E-state index contributed by atoms with van der Waals surface area (Å²) >= 11 is 6.53. The molecule has 210 valence electrons. The molecule has 0 fully saturated rings. The van der Waals surface area contributed by atoms with Gasteiger partial charge in [0.1, 0.15) is 23.0 Å². The van der Waals surface area contributed by atoms with Gasteiger partial charge in [0.25, 0.3) is 0 Å². The number of allylic oxidation sites excluding steroid dienone is 2. The topological polar surface area (TPSA) is 72.8 Å². The third-order valence-corrected chi connectivity index (χ3v) is 7.45. The van der Waals surface area contributed by atoms with Crippen LogP contribution >= 0.6 is 11.6 Å². The molecule has 2 heterocycles. The number of Topliss-reactive ketones (excluding diaryl/α,β-unsaturated/α-hetero) is 1. The highest BCUT2D eigenvalue weighted by atomic mass is 35.5. The second kappa shape index (κ2) is 13.4. The van der Waals surface area contributed by atoms with Gasteiger partial charge in [0.15, 0.2) is 5.78 Å². The van der Waals surface area contributed by atoms with E-state index >= 15 is 0 Å². The van der Waals surface area contributed by atoms with Crippen LogP contribution in [0, 0.1) is 24.5 Å². The van der Waals surface area contributed by atoms with Crippen molar-refractivity contribution in [3.63, 3.8) is 0 Å². The zero-order valence-electron chi connectivity index (χ0n) is 23.0. The summed E-state index contributed by atoms with van der Waals surface area (Å²) in [7, 11) is 0. The van der Waals surface area contributed by atoms with E-state index in [1.807, 2.05) is 6.92 Å². The molecule has 2 aromatic rings. The standard InChI is InChI=1S/C22H17ClF2N2O.C9H20O2/c1-12-6-7-15(18(25)10-12)16-4-3-5-17(24)20(16)21-22(23)27-9-8-14(13(2)28)11-19(27)26-21;1-4-7(3)6-9(11)8(10)5-2/h3-11,19,26H,1-2H3;7-11H,4-6H2,1-3H3. The van der Waals surface area contributed by atoms with Crippen LogP contribution in [0.15, 0.2) is 65.5 Å². The first-order chi connectivity index (χ1) is 18.5. The van der Waals surface area contributed by atoms with Gasteiger partial charge in [-0.2, -0.15) is 0 Å². The van der Waals surface area contributed by atoms with Crippen LogP contribution in [0.3, 0.4) is 0 Å². The molecule has 4 unspecified atom stereocenters. The Balaban J connectivity index is 0.000000325. The highest BCUT2D eigenvalue weighted by Gasteiger charge is 2.33. The van der Waals surface area contributed by atoms with Crippen molar-refractivity contribution in [2.75, 3.05) is 0 Å². The molecule has 0 amide bonds. The SMILES string of the molecule is CC(=O)C1=CC2NC(c3c(F)cccc3-c3ccc(C)cc3F)=C(Cl)N2C=C1.CCC(C)CC(O)C(O)CC. The van der Waals surface area contributed by atoms with Gasteiger partial charge in [-0.15, -0.1) is 0 Å². The summed E-state index contributed by atoms with van der Waals surface area (Å²) in [6, 6.07) is 9.34. The van der Waals surface area contributed by atoms with Crippen LogP contribution in [0.1, 0.15) is 58.1 Å². The van der Waals surface area contributed by atoms with E-state index in [-0.39, 0.29) is 16.5 Å². The number of benzene rings is 2. The minimum atomic E-state index is -0.538. The molecule has 0 saturated carbocycles. The zero-order chi connectivity index (χ0) is 28.9. The molecule has 4 atom stereocenters. The fourth-order valence-electron chi connectivity index (χ4n) is 4.45. The van der Waals surface area contributed by atoms with Crippen molar-refractivity contribution in [1.29, 1.82) is 0 Å². The van der Waals surface area contributed by atoms with Gasteiger partial charge >= 0.3 is 0 Å². The van der Waals surface area contributed by atoms with E-state index < -0.39 is 30.0 Å². The lowest BCUT2D eigenvalue weighted by Gasteiger charge is -2.24. The van der Waals surface area contributed by atoms with Crippen molar-refractivity contribution in [2.45, 2.75) is 72.3 Å². The normalized spacial score (nSPS) is 18.5. The highest BCUT2D eigenvalue weighted by Crippen LogP contribution is 2.39. The summed E-state index contributed by atoms with van der Waals surface area (Å²) in [6.07, 6.45) is 5.99. The Bertz CT molecular complexity index is 1290. The summed E-state index contributed by atoms with van der Waals surface area (Å²) in [5.74, 6) is -0.516. The highest BCUT2D eigenvalue weighted by molar-refractivity contribution is 6.33. The summed E-state index contributed by atoms with van der Waals surface area (Å²) < 4.78 is 29.5. The molecule has 0 spiro atoms. The largest absolute Gasteiger partial charge is 0.390 e. The van der Waals surface area contributed by atoms with E-state index in [2.05, 4.69) is 19.2 Å². The van der Waals surface area contributed by atoms with Crippen molar-refractivity contribution in [3.8, 4) is 11.1 Å². The lowest BCUT2D eigenvalue weighted by atomic mass is 9.96. The first-order valence-electron chi connectivity index (χ1n) is 13.3. The Morgan fingerprint density at radius 3 is 2.41 bits per heavy atom. The van der Waals surface area contributed by atoms with E-state index in [0.29, 0.717) is 41.2 Å². The molecular formula is C31H37ClF2N2O3. The number of ketones is 1. The third kappa shape index (κ3) is 7.15. The summed E-state index contributed by atoms with van der Waals surface area (Å²) in [5.41, 5.74) is 2.55. The average molecular weight is 559 g/mol. The van der Waals surface area contributed by atoms with Crippen LogP contribution in [0.4, 0.5) is 8.78 Å². The third-order valence-electron chi connectivity index (χ3n) is 7.07. The summed E-state index contributed by atoms with van der Waals surface area (Å²) in [4.78, 5) is 13.4. The molecule has 3 N–H and O–H groups in total. The van der Waals surface area contributed by atoms with Crippen LogP contribution in [-0.4, -0.2) is 39.3 Å². The van der Waals surface area contributed by atoms with Crippen LogP contribution in [0.25, 0.3) is 16.8 Å². The fraction of sp³-hybridized carbons (Fsp3) is 0.387. The number of halogens is 3. The molecule has 4 rings (SSSR count). The first-order valence-corrected chi connectivity index (χ1v) is 13.6. The number of rotatable bonds is 8. The van der Waals surface area contributed by atoms with E-state index in [1.54, 1.807) is 48.4 Å². The molecule has 2 aromatic carbocycles. The van der Waals surface area contributed by atoms with Gasteiger partial charge in [-0.1, -0.05) is 63.1 Å². The molecule has 5 nitrogen and oxygen atoms in total. The van der Waals surface area contributed by atoms with Gasteiger partial charge in [0.2, 0.25) is 0 Å². The van der Waals surface area contributed by atoms with Crippen LogP contribution in [0.5, 0.6) is 0 Å². The van der Waals surface area contributed by atoms with Crippen molar-refractivity contribution in [3.05, 3.63) is 88.2 Å². The quantitative estimate of drug-likeness (QED) is 0.317. The molecular weight excluding hydrogens is 522 g/mol. The number of hydrogen-bond donors (Lipinski definition) is 3. The molecule has 2 aliphatic heterocycles. The number of carbonyl (C=O) groups is 1. The van der Waals surface area contributed by atoms with Crippen molar-refractivity contribution in [1.82, 2.24) is 10.2 Å². The van der Waals surface area contributed by atoms with E-state index in [4.69, 9.17) is 11.6 Å². The minimum absolute atomic E-state index is 0.0735. The number of aryl methyl sites for hydroxylation is 1. The summed E-state index contributed by atoms with van der Waals surface area (Å²) in [5, 5.41) is 22.0. The van der Waals surface area contributed by atoms with E-state index in [0.717, 1.165) is 12.0 Å². The maximum absolute atomic E-state index is 14.9. The Labute approximate surface area is 234 Å². The molecule has 0 saturated heterocycles. The maximum Gasteiger partial charge on any atom is 0.159 e. The molecule has 0 bridgehead atoms. The average Bonchev–Trinajstić information content (AvgIpc) is 3.23.